The van der Waals surface area contributed by atoms with E-state index < -0.39 is 10.0 Å². The highest BCUT2D eigenvalue weighted by Crippen LogP contribution is 2.23. The Morgan fingerprint density at radius 3 is 2.65 bits per heavy atom. The number of nitrogens with two attached hydrogens (primary N) is 1. The molecular weight excluding hydrogens is 296 g/mol. The van der Waals surface area contributed by atoms with Gasteiger partial charge in [0.15, 0.2) is 5.13 Å². The Morgan fingerprint density at radius 2 is 2.20 bits per heavy atom. The number of hydrogen-bond acceptors (Lipinski definition) is 5. The summed E-state index contributed by atoms with van der Waals surface area (Å²) in [5.74, 6) is 0. The maximum atomic E-state index is 12.3. The zero-order valence-electron chi connectivity index (χ0n) is 11.6. The van der Waals surface area contributed by atoms with Crippen LogP contribution in [-0.2, 0) is 16.6 Å². The monoisotopic (exact) mass is 314 g/mol. The molecular formula is C12H18N4O2S2. The van der Waals surface area contributed by atoms with E-state index in [4.69, 9.17) is 5.73 Å². The number of rotatable bonds is 5. The molecule has 0 saturated heterocycles. The summed E-state index contributed by atoms with van der Waals surface area (Å²) in [6.07, 6.45) is 3.24. The van der Waals surface area contributed by atoms with E-state index in [-0.39, 0.29) is 10.9 Å². The molecule has 0 amide bonds. The van der Waals surface area contributed by atoms with Crippen molar-refractivity contribution in [2.45, 2.75) is 38.3 Å². The minimum atomic E-state index is -3.62. The Bertz CT molecular complexity index is 701. The summed E-state index contributed by atoms with van der Waals surface area (Å²) in [6.45, 7) is 6.13. The molecule has 0 unspecified atom stereocenters. The molecule has 0 fully saturated rings. The predicted octanol–water partition coefficient (Wildman–Crippen LogP) is 2.09. The number of nitrogens with one attached hydrogen (secondary N) is 1. The number of sulfonamides is 1. The summed E-state index contributed by atoms with van der Waals surface area (Å²) in [5, 5.41) is 0.370. The minimum absolute atomic E-state index is 0.152. The van der Waals surface area contributed by atoms with E-state index in [1.165, 1.54) is 11.3 Å². The van der Waals surface area contributed by atoms with Crippen molar-refractivity contribution < 1.29 is 8.42 Å². The lowest BCUT2D eigenvalue weighted by atomic mass is 10.3. The summed E-state index contributed by atoms with van der Waals surface area (Å²) in [5.41, 5.74) is 6.44. The topological polar surface area (TPSA) is 90.0 Å². The van der Waals surface area contributed by atoms with E-state index in [1.54, 1.807) is 18.5 Å². The molecule has 0 aliphatic carbocycles. The van der Waals surface area contributed by atoms with Gasteiger partial charge in [-0.05, 0) is 26.8 Å². The molecule has 2 aromatic rings. The quantitative estimate of drug-likeness (QED) is 0.884. The highest BCUT2D eigenvalue weighted by atomic mass is 32.2. The maximum absolute atomic E-state index is 12.3. The first-order chi connectivity index (χ1) is 9.33. The van der Waals surface area contributed by atoms with Gasteiger partial charge in [-0.25, -0.2) is 13.4 Å². The van der Waals surface area contributed by atoms with Crippen molar-refractivity contribution in [3.8, 4) is 0 Å². The third-order valence-electron chi connectivity index (χ3n) is 2.83. The van der Waals surface area contributed by atoms with Crippen molar-refractivity contribution in [2.75, 3.05) is 4.72 Å². The molecule has 0 atom stereocenters. The largest absolute Gasteiger partial charge is 0.346 e. The van der Waals surface area contributed by atoms with Gasteiger partial charge < -0.3 is 10.3 Å². The number of hydrogen-bond donors (Lipinski definition) is 2. The van der Waals surface area contributed by atoms with E-state index >= 15 is 0 Å². The van der Waals surface area contributed by atoms with E-state index in [0.717, 1.165) is 10.6 Å². The zero-order chi connectivity index (χ0) is 14.9. The van der Waals surface area contributed by atoms with E-state index in [9.17, 15) is 8.42 Å². The van der Waals surface area contributed by atoms with Crippen molar-refractivity contribution in [3.63, 3.8) is 0 Å². The van der Waals surface area contributed by atoms with Crippen LogP contribution in [0, 0.1) is 6.92 Å². The second-order valence-corrected chi connectivity index (χ2v) is 7.67. The zero-order valence-corrected chi connectivity index (χ0v) is 13.3. The predicted molar refractivity (Wildman–Crippen MR) is 80.4 cm³/mol. The Kier molecular flexibility index (Phi) is 4.17. The van der Waals surface area contributed by atoms with E-state index in [0.29, 0.717) is 11.7 Å². The lowest BCUT2D eigenvalue weighted by Crippen LogP contribution is -2.12. The number of aromatic nitrogens is 2. The van der Waals surface area contributed by atoms with Crippen LogP contribution >= 0.6 is 11.3 Å². The molecule has 0 saturated carbocycles. The van der Waals surface area contributed by atoms with Gasteiger partial charge in [-0.1, -0.05) is 0 Å². The molecule has 0 aliphatic rings. The third kappa shape index (κ3) is 3.02. The molecule has 0 aromatic carbocycles. The molecule has 2 aromatic heterocycles. The molecule has 0 radical (unpaired) electrons. The van der Waals surface area contributed by atoms with Gasteiger partial charge in [-0.2, -0.15) is 0 Å². The Hall–Kier alpha value is -1.38. The van der Waals surface area contributed by atoms with Crippen molar-refractivity contribution in [1.29, 1.82) is 0 Å². The molecule has 3 N–H and O–H groups in total. The molecule has 6 nitrogen and oxygen atoms in total. The number of anilines is 1. The molecule has 2 rings (SSSR count). The van der Waals surface area contributed by atoms with Gasteiger partial charge in [0.2, 0.25) is 0 Å². The molecule has 110 valence electrons. The van der Waals surface area contributed by atoms with Gasteiger partial charge in [0.25, 0.3) is 10.0 Å². The summed E-state index contributed by atoms with van der Waals surface area (Å²) in [4.78, 5) is 5.16. The van der Waals surface area contributed by atoms with Crippen LogP contribution in [-0.4, -0.2) is 18.0 Å². The SMILES string of the molecule is Cc1cnc(NS(=O)(=O)c2cc(CN)n(C(C)C)c2)s1. The van der Waals surface area contributed by atoms with Gasteiger partial charge in [0.1, 0.15) is 4.90 Å². The van der Waals surface area contributed by atoms with Crippen LogP contribution < -0.4 is 10.5 Å². The highest BCUT2D eigenvalue weighted by molar-refractivity contribution is 7.93. The highest BCUT2D eigenvalue weighted by Gasteiger charge is 2.20. The fourth-order valence-electron chi connectivity index (χ4n) is 1.86. The summed E-state index contributed by atoms with van der Waals surface area (Å²) in [6, 6.07) is 1.75. The maximum Gasteiger partial charge on any atom is 0.265 e. The first kappa shape index (κ1) is 15.0. The third-order valence-corrected chi connectivity index (χ3v) is 5.09. The van der Waals surface area contributed by atoms with Crippen molar-refractivity contribution >= 4 is 26.5 Å². The molecule has 0 spiro atoms. The van der Waals surface area contributed by atoms with E-state index in [2.05, 4.69) is 9.71 Å². The minimum Gasteiger partial charge on any atom is -0.346 e. The fourth-order valence-corrected chi connectivity index (χ4v) is 3.82. The number of aryl methyl sites for hydroxylation is 1. The fraction of sp³-hybridized carbons (Fsp3) is 0.417. The van der Waals surface area contributed by atoms with Gasteiger partial charge in [-0.3, -0.25) is 4.72 Å². The Morgan fingerprint density at radius 1 is 1.50 bits per heavy atom. The first-order valence-electron chi connectivity index (χ1n) is 6.19. The summed E-state index contributed by atoms with van der Waals surface area (Å²) in [7, 11) is -3.62. The number of thiazole rings is 1. The molecule has 8 heteroatoms. The Labute approximate surface area is 122 Å². The molecule has 2 heterocycles. The second-order valence-electron chi connectivity index (χ2n) is 4.75. The lowest BCUT2D eigenvalue weighted by Gasteiger charge is -2.10. The van der Waals surface area contributed by atoms with Crippen LogP contribution in [0.3, 0.4) is 0 Å². The van der Waals surface area contributed by atoms with Gasteiger partial charge in [0.05, 0.1) is 0 Å². The van der Waals surface area contributed by atoms with Crippen LogP contribution in [0.25, 0.3) is 0 Å². The smallest absolute Gasteiger partial charge is 0.265 e. The van der Waals surface area contributed by atoms with Crippen LogP contribution in [0.1, 0.15) is 30.5 Å². The van der Waals surface area contributed by atoms with Crippen LogP contribution in [0.2, 0.25) is 0 Å². The van der Waals surface area contributed by atoms with Crippen molar-refractivity contribution in [3.05, 3.63) is 29.0 Å². The average Bonchev–Trinajstić information content (AvgIpc) is 2.95. The van der Waals surface area contributed by atoms with Crippen molar-refractivity contribution in [2.24, 2.45) is 5.73 Å². The molecule has 20 heavy (non-hydrogen) atoms. The first-order valence-corrected chi connectivity index (χ1v) is 8.49. The molecule has 0 aliphatic heterocycles. The van der Waals surface area contributed by atoms with Crippen molar-refractivity contribution in [1.82, 2.24) is 9.55 Å². The normalized spacial score (nSPS) is 12.1. The second kappa shape index (κ2) is 5.55. The Balaban J connectivity index is 2.34. The van der Waals surface area contributed by atoms with Gasteiger partial charge in [0, 0.05) is 35.6 Å². The summed E-state index contributed by atoms with van der Waals surface area (Å²) >= 11 is 1.30. The summed E-state index contributed by atoms with van der Waals surface area (Å²) < 4.78 is 29.0. The molecule has 0 bridgehead atoms. The van der Waals surface area contributed by atoms with Gasteiger partial charge >= 0.3 is 0 Å². The van der Waals surface area contributed by atoms with E-state index in [1.807, 2.05) is 25.3 Å². The van der Waals surface area contributed by atoms with Crippen LogP contribution in [0.5, 0.6) is 0 Å². The standard InChI is InChI=1S/C12H18N4O2S2/c1-8(2)16-7-11(4-10(16)5-13)20(17,18)15-12-14-6-9(3)19-12/h4,6-8H,5,13H2,1-3H3,(H,14,15). The lowest BCUT2D eigenvalue weighted by molar-refractivity contribution is 0.573. The van der Waals surface area contributed by atoms with Crippen LogP contribution in [0.4, 0.5) is 5.13 Å². The van der Waals surface area contributed by atoms with Crippen LogP contribution in [0.15, 0.2) is 23.4 Å². The van der Waals surface area contributed by atoms with Gasteiger partial charge in [-0.15, -0.1) is 11.3 Å². The average molecular weight is 314 g/mol. The number of nitrogens with zero attached hydrogens (tertiary/aromatic N) is 2.